The topological polar surface area (TPSA) is 108 Å². The molecule has 0 radical (unpaired) electrons. The van der Waals surface area contributed by atoms with Crippen LogP contribution in [0.15, 0.2) is 41.1 Å². The molecular weight excluding hydrogens is 324 g/mol. The van der Waals surface area contributed by atoms with Crippen molar-refractivity contribution in [1.29, 1.82) is 0 Å². The van der Waals surface area contributed by atoms with Gasteiger partial charge in [0.15, 0.2) is 17.6 Å². The van der Waals surface area contributed by atoms with Gasteiger partial charge in [0.25, 0.3) is 11.8 Å². The smallest absolute Gasteiger partial charge is 0.280 e. The second-order valence-corrected chi connectivity index (χ2v) is 5.38. The van der Waals surface area contributed by atoms with Gasteiger partial charge in [-0.2, -0.15) is 4.98 Å². The van der Waals surface area contributed by atoms with Gasteiger partial charge in [0.1, 0.15) is 5.75 Å². The molecule has 0 saturated heterocycles. The second kappa shape index (κ2) is 7.56. The van der Waals surface area contributed by atoms with Gasteiger partial charge >= 0.3 is 0 Å². The maximum atomic E-state index is 12.1. The van der Waals surface area contributed by atoms with Crippen LogP contribution in [-0.2, 0) is 11.3 Å². The van der Waals surface area contributed by atoms with Crippen LogP contribution in [0.2, 0.25) is 0 Å². The fourth-order valence-corrected chi connectivity index (χ4v) is 2.10. The number of benzene rings is 1. The van der Waals surface area contributed by atoms with Crippen molar-refractivity contribution in [2.24, 2.45) is 0 Å². The molecule has 3 rings (SSSR count). The Morgan fingerprint density at radius 3 is 2.88 bits per heavy atom. The third kappa shape index (κ3) is 4.40. The van der Waals surface area contributed by atoms with E-state index in [0.717, 1.165) is 0 Å². The molecular formula is C16H18N6O3. The van der Waals surface area contributed by atoms with E-state index in [9.17, 15) is 4.79 Å². The first-order valence-electron chi connectivity index (χ1n) is 7.82. The van der Waals surface area contributed by atoms with E-state index < -0.39 is 6.10 Å². The minimum absolute atomic E-state index is 0.197. The Balaban J connectivity index is 1.46. The van der Waals surface area contributed by atoms with Crippen LogP contribution < -0.4 is 10.1 Å². The van der Waals surface area contributed by atoms with E-state index in [1.807, 2.05) is 18.2 Å². The molecule has 2 heterocycles. The van der Waals surface area contributed by atoms with Crippen LogP contribution in [0.4, 0.5) is 0 Å². The molecule has 9 nitrogen and oxygen atoms in total. The number of hydrogen-bond donors (Lipinski definition) is 1. The van der Waals surface area contributed by atoms with Crippen molar-refractivity contribution in [3.63, 3.8) is 0 Å². The van der Waals surface area contributed by atoms with Gasteiger partial charge in [-0.05, 0) is 26.0 Å². The van der Waals surface area contributed by atoms with Crippen molar-refractivity contribution >= 4 is 5.91 Å². The normalized spacial score (nSPS) is 11.9. The number of carbonyl (C=O) groups is 1. The van der Waals surface area contributed by atoms with E-state index >= 15 is 0 Å². The molecule has 3 aromatic rings. The molecule has 1 N–H and O–H groups in total. The first kappa shape index (κ1) is 16.6. The zero-order valence-corrected chi connectivity index (χ0v) is 13.9. The zero-order valence-electron chi connectivity index (χ0n) is 13.9. The number of para-hydroxylation sites is 1. The number of hydrogen-bond acceptors (Lipinski definition) is 7. The summed E-state index contributed by atoms with van der Waals surface area (Å²) in [5.41, 5.74) is 0.493. The molecule has 0 saturated carbocycles. The molecule has 0 aliphatic rings. The molecule has 1 atom stereocenters. The Labute approximate surface area is 144 Å². The number of nitrogens with one attached hydrogen (secondary N) is 1. The molecule has 1 aromatic carbocycles. The SMILES string of the molecule is Cc1noc(-c2cn(CCNC(=O)[C@H](C)Oc3ccccc3)nn2)n1. The molecule has 1 amide bonds. The number of ether oxygens (including phenoxy) is 1. The van der Waals surface area contributed by atoms with Gasteiger partial charge in [0.2, 0.25) is 0 Å². The number of nitrogens with zero attached hydrogens (tertiary/aromatic N) is 5. The van der Waals surface area contributed by atoms with Crippen molar-refractivity contribution in [1.82, 2.24) is 30.5 Å². The lowest BCUT2D eigenvalue weighted by Crippen LogP contribution is -2.38. The fourth-order valence-electron chi connectivity index (χ4n) is 2.10. The molecule has 2 aromatic heterocycles. The van der Waals surface area contributed by atoms with Crippen LogP contribution in [0, 0.1) is 6.92 Å². The third-order valence-corrected chi connectivity index (χ3v) is 3.35. The molecule has 9 heteroatoms. The van der Waals surface area contributed by atoms with Gasteiger partial charge in [-0.15, -0.1) is 5.10 Å². The Bertz CT molecular complexity index is 829. The molecule has 0 fully saturated rings. The quantitative estimate of drug-likeness (QED) is 0.687. The third-order valence-electron chi connectivity index (χ3n) is 3.35. The van der Waals surface area contributed by atoms with Crippen molar-refractivity contribution in [2.45, 2.75) is 26.5 Å². The molecule has 25 heavy (non-hydrogen) atoms. The number of rotatable bonds is 7. The largest absolute Gasteiger partial charge is 0.481 e. The van der Waals surface area contributed by atoms with Crippen LogP contribution in [0.1, 0.15) is 12.7 Å². The summed E-state index contributed by atoms with van der Waals surface area (Å²) in [6.07, 6.45) is 1.10. The number of amides is 1. The fraction of sp³-hybridized carbons (Fsp3) is 0.312. The summed E-state index contributed by atoms with van der Waals surface area (Å²) in [5.74, 6) is 1.31. The Kier molecular flexibility index (Phi) is 5.03. The molecule has 0 spiro atoms. The predicted octanol–water partition coefficient (Wildman–Crippen LogP) is 1.22. The van der Waals surface area contributed by atoms with Crippen LogP contribution >= 0.6 is 0 Å². The first-order chi connectivity index (χ1) is 12.1. The lowest BCUT2D eigenvalue weighted by molar-refractivity contribution is -0.127. The summed E-state index contributed by atoms with van der Waals surface area (Å²) in [7, 11) is 0. The molecule has 0 bridgehead atoms. The summed E-state index contributed by atoms with van der Waals surface area (Å²) >= 11 is 0. The molecule has 0 unspecified atom stereocenters. The lowest BCUT2D eigenvalue weighted by Gasteiger charge is -2.14. The number of aryl methyl sites for hydroxylation is 1. The lowest BCUT2D eigenvalue weighted by atomic mass is 10.3. The van der Waals surface area contributed by atoms with E-state index in [0.29, 0.717) is 36.2 Å². The molecule has 130 valence electrons. The van der Waals surface area contributed by atoms with Crippen molar-refractivity contribution in [2.75, 3.05) is 6.54 Å². The highest BCUT2D eigenvalue weighted by Crippen LogP contribution is 2.12. The minimum Gasteiger partial charge on any atom is -0.481 e. The first-order valence-corrected chi connectivity index (χ1v) is 7.82. The van der Waals surface area contributed by atoms with E-state index in [1.54, 1.807) is 36.9 Å². The second-order valence-electron chi connectivity index (χ2n) is 5.38. The summed E-state index contributed by atoms with van der Waals surface area (Å²) in [4.78, 5) is 16.1. The van der Waals surface area contributed by atoms with E-state index in [4.69, 9.17) is 9.26 Å². The van der Waals surface area contributed by atoms with E-state index in [-0.39, 0.29) is 5.91 Å². The van der Waals surface area contributed by atoms with Crippen LogP contribution in [0.3, 0.4) is 0 Å². The Morgan fingerprint density at radius 2 is 2.16 bits per heavy atom. The summed E-state index contributed by atoms with van der Waals surface area (Å²) < 4.78 is 12.2. The number of aromatic nitrogens is 5. The van der Waals surface area contributed by atoms with Crippen LogP contribution in [0.25, 0.3) is 11.6 Å². The van der Waals surface area contributed by atoms with E-state index in [1.165, 1.54) is 0 Å². The molecule has 0 aliphatic heterocycles. The summed E-state index contributed by atoms with van der Waals surface area (Å²) in [6, 6.07) is 9.21. The zero-order chi connectivity index (χ0) is 17.6. The van der Waals surface area contributed by atoms with Gasteiger partial charge < -0.3 is 14.6 Å². The molecule has 0 aliphatic carbocycles. The number of carbonyl (C=O) groups excluding carboxylic acids is 1. The minimum atomic E-state index is -0.588. The summed E-state index contributed by atoms with van der Waals surface area (Å²) in [6.45, 7) is 4.29. The van der Waals surface area contributed by atoms with Gasteiger partial charge in [-0.1, -0.05) is 28.6 Å². The van der Waals surface area contributed by atoms with E-state index in [2.05, 4.69) is 25.8 Å². The van der Waals surface area contributed by atoms with Crippen LogP contribution in [0.5, 0.6) is 5.75 Å². The highest BCUT2D eigenvalue weighted by molar-refractivity contribution is 5.80. The van der Waals surface area contributed by atoms with Crippen LogP contribution in [-0.4, -0.2) is 43.7 Å². The maximum absolute atomic E-state index is 12.1. The van der Waals surface area contributed by atoms with Gasteiger partial charge in [-0.3, -0.25) is 4.79 Å². The van der Waals surface area contributed by atoms with Gasteiger partial charge in [-0.25, -0.2) is 4.68 Å². The van der Waals surface area contributed by atoms with Gasteiger partial charge in [0, 0.05) is 6.54 Å². The van der Waals surface area contributed by atoms with Crippen molar-refractivity contribution in [3.05, 3.63) is 42.4 Å². The van der Waals surface area contributed by atoms with Crippen molar-refractivity contribution < 1.29 is 14.1 Å². The monoisotopic (exact) mass is 342 g/mol. The van der Waals surface area contributed by atoms with Gasteiger partial charge in [0.05, 0.1) is 12.7 Å². The average Bonchev–Trinajstić information content (AvgIpc) is 3.24. The van der Waals surface area contributed by atoms with Crippen molar-refractivity contribution in [3.8, 4) is 17.3 Å². The average molecular weight is 342 g/mol. The standard InChI is InChI=1S/C16H18N6O3/c1-11(24-13-6-4-3-5-7-13)15(23)17-8-9-22-10-14(19-21-22)16-18-12(2)20-25-16/h3-7,10-11H,8-9H2,1-2H3,(H,17,23)/t11-/m0/s1. The predicted molar refractivity (Wildman–Crippen MR) is 87.6 cm³/mol. The maximum Gasteiger partial charge on any atom is 0.280 e. The Hall–Kier alpha value is -3.23. The summed E-state index contributed by atoms with van der Waals surface area (Å²) in [5, 5.41) is 14.4. The highest BCUT2D eigenvalue weighted by Gasteiger charge is 2.14. The Morgan fingerprint density at radius 1 is 1.36 bits per heavy atom. The highest BCUT2D eigenvalue weighted by atomic mass is 16.5.